The van der Waals surface area contributed by atoms with E-state index in [4.69, 9.17) is 32.0 Å². The van der Waals surface area contributed by atoms with Crippen LogP contribution in [0.25, 0.3) is 11.0 Å². The molecule has 1 atom stereocenters. The number of fused-ring (bicyclic) bond motifs is 1. The summed E-state index contributed by atoms with van der Waals surface area (Å²) < 4.78 is 7.09. The summed E-state index contributed by atoms with van der Waals surface area (Å²) in [6, 6.07) is 12.3. The highest BCUT2D eigenvalue weighted by Crippen LogP contribution is 2.24. The number of benzene rings is 2. The number of aromatic nitrogens is 2. The van der Waals surface area contributed by atoms with Crippen LogP contribution in [-0.2, 0) is 22.4 Å². The Morgan fingerprint density at radius 3 is 2.30 bits per heavy atom. The summed E-state index contributed by atoms with van der Waals surface area (Å²) in [6.45, 7) is 3.85. The average molecular weight is 406 g/mol. The molecular formula is C22H26N6O2. The molecular weight excluding hydrogens is 380 g/mol. The highest BCUT2D eigenvalue weighted by Gasteiger charge is 2.23. The number of nitrogen functional groups attached to an aromatic ring is 2. The Hall–Kier alpha value is -3.68. The van der Waals surface area contributed by atoms with E-state index in [1.54, 1.807) is 26.0 Å². The lowest BCUT2D eigenvalue weighted by Crippen LogP contribution is -2.21. The molecule has 8 nitrogen and oxygen atoms in total. The number of esters is 1. The van der Waals surface area contributed by atoms with Crippen molar-refractivity contribution in [3.05, 3.63) is 65.0 Å². The Balaban J connectivity index is 1.97. The zero-order valence-corrected chi connectivity index (χ0v) is 17.1. The predicted molar refractivity (Wildman–Crippen MR) is 117 cm³/mol. The zero-order chi connectivity index (χ0) is 21.8. The number of amidine groups is 2. The van der Waals surface area contributed by atoms with Crippen LogP contribution in [0.15, 0.2) is 42.5 Å². The maximum atomic E-state index is 12.5. The van der Waals surface area contributed by atoms with Gasteiger partial charge in [-0.3, -0.25) is 10.8 Å². The lowest BCUT2D eigenvalue weighted by atomic mass is 10.1. The Morgan fingerprint density at radius 2 is 1.70 bits per heavy atom. The van der Waals surface area contributed by atoms with Crippen LogP contribution in [0.1, 0.15) is 42.4 Å². The number of rotatable bonds is 8. The first-order valence-corrected chi connectivity index (χ1v) is 9.77. The first-order valence-electron chi connectivity index (χ1n) is 9.77. The molecule has 1 heterocycles. The number of carbonyl (C=O) groups is 1. The molecule has 0 bridgehead atoms. The maximum Gasteiger partial charge on any atom is 0.328 e. The molecule has 1 unspecified atom stereocenters. The van der Waals surface area contributed by atoms with Crippen molar-refractivity contribution >= 4 is 28.7 Å². The second-order valence-corrected chi connectivity index (χ2v) is 7.05. The monoisotopic (exact) mass is 406 g/mol. The number of carbonyl (C=O) groups excluding carboxylic acids is 1. The molecule has 0 saturated carbocycles. The van der Waals surface area contributed by atoms with Crippen molar-refractivity contribution in [1.29, 1.82) is 10.8 Å². The van der Waals surface area contributed by atoms with Crippen LogP contribution in [-0.4, -0.2) is 33.8 Å². The summed E-state index contributed by atoms with van der Waals surface area (Å²) in [6.07, 6.45) is 1.31. The molecule has 3 rings (SSSR count). The number of nitrogens with two attached hydrogens (primary N) is 2. The van der Waals surface area contributed by atoms with E-state index in [1.807, 2.05) is 34.9 Å². The molecule has 3 aromatic rings. The summed E-state index contributed by atoms with van der Waals surface area (Å²) in [5.74, 6) is 0.410. The molecule has 0 fully saturated rings. The molecule has 0 aliphatic heterocycles. The number of nitrogens with one attached hydrogen (secondary N) is 2. The van der Waals surface area contributed by atoms with E-state index in [1.165, 1.54) is 0 Å². The topological polar surface area (TPSA) is 144 Å². The van der Waals surface area contributed by atoms with Gasteiger partial charge in [0.1, 0.15) is 23.5 Å². The average Bonchev–Trinajstić information content (AvgIpc) is 3.09. The molecule has 0 amide bonds. The van der Waals surface area contributed by atoms with Gasteiger partial charge >= 0.3 is 5.97 Å². The van der Waals surface area contributed by atoms with Crippen LogP contribution in [0.4, 0.5) is 0 Å². The molecule has 6 N–H and O–H groups in total. The van der Waals surface area contributed by atoms with E-state index in [9.17, 15) is 4.79 Å². The van der Waals surface area contributed by atoms with Crippen molar-refractivity contribution in [3.8, 4) is 0 Å². The largest absolute Gasteiger partial charge is 0.464 e. The van der Waals surface area contributed by atoms with Crippen molar-refractivity contribution in [2.24, 2.45) is 11.5 Å². The van der Waals surface area contributed by atoms with Crippen LogP contribution in [0, 0.1) is 10.8 Å². The van der Waals surface area contributed by atoms with Crippen molar-refractivity contribution in [2.75, 3.05) is 6.61 Å². The van der Waals surface area contributed by atoms with Gasteiger partial charge in [-0.1, -0.05) is 24.3 Å². The SMILES string of the molecule is CCOC(=O)C(C)n1c(CCc2ccc(C(=N)N)cc2)nc2ccc(C(=N)N)cc21. The molecule has 2 aromatic carbocycles. The fraction of sp³-hybridized carbons (Fsp3) is 0.273. The van der Waals surface area contributed by atoms with Crippen molar-refractivity contribution in [2.45, 2.75) is 32.7 Å². The summed E-state index contributed by atoms with van der Waals surface area (Å²) in [5, 5.41) is 15.2. The van der Waals surface area contributed by atoms with Gasteiger partial charge in [0.25, 0.3) is 0 Å². The molecule has 1 aromatic heterocycles. The number of imidazole rings is 1. The van der Waals surface area contributed by atoms with Gasteiger partial charge in [-0.05, 0) is 44.0 Å². The minimum atomic E-state index is -0.563. The first-order chi connectivity index (χ1) is 14.3. The minimum absolute atomic E-state index is 0.0351. The highest BCUT2D eigenvalue weighted by atomic mass is 16.5. The lowest BCUT2D eigenvalue weighted by Gasteiger charge is -2.16. The Labute approximate surface area is 174 Å². The summed E-state index contributed by atoms with van der Waals surface area (Å²) in [4.78, 5) is 17.2. The third-order valence-electron chi connectivity index (χ3n) is 4.99. The smallest absolute Gasteiger partial charge is 0.328 e. The molecule has 0 saturated heterocycles. The lowest BCUT2D eigenvalue weighted by molar-refractivity contribution is -0.146. The van der Waals surface area contributed by atoms with E-state index in [0.717, 1.165) is 22.4 Å². The number of ether oxygens (including phenoxy) is 1. The third kappa shape index (κ3) is 4.32. The van der Waals surface area contributed by atoms with Crippen LogP contribution >= 0.6 is 0 Å². The van der Waals surface area contributed by atoms with E-state index in [-0.39, 0.29) is 17.6 Å². The first kappa shape index (κ1) is 21.0. The zero-order valence-electron chi connectivity index (χ0n) is 17.1. The third-order valence-corrected chi connectivity index (χ3v) is 4.99. The normalized spacial score (nSPS) is 11.9. The van der Waals surface area contributed by atoms with E-state index in [2.05, 4.69) is 0 Å². The molecule has 30 heavy (non-hydrogen) atoms. The van der Waals surface area contributed by atoms with Gasteiger partial charge in [0, 0.05) is 17.5 Å². The van der Waals surface area contributed by atoms with Gasteiger partial charge in [0.15, 0.2) is 0 Å². The fourth-order valence-electron chi connectivity index (χ4n) is 3.39. The van der Waals surface area contributed by atoms with Crippen molar-refractivity contribution in [1.82, 2.24) is 9.55 Å². The minimum Gasteiger partial charge on any atom is -0.464 e. The Morgan fingerprint density at radius 1 is 1.07 bits per heavy atom. The number of hydrogen-bond acceptors (Lipinski definition) is 5. The van der Waals surface area contributed by atoms with Gasteiger partial charge in [0.05, 0.1) is 17.6 Å². The summed E-state index contributed by atoms with van der Waals surface area (Å²) in [7, 11) is 0. The Bertz CT molecular complexity index is 1100. The number of hydrogen-bond donors (Lipinski definition) is 4. The summed E-state index contributed by atoms with van der Waals surface area (Å²) >= 11 is 0. The van der Waals surface area contributed by atoms with Gasteiger partial charge < -0.3 is 20.8 Å². The van der Waals surface area contributed by atoms with Crippen LogP contribution in [0.3, 0.4) is 0 Å². The molecule has 0 spiro atoms. The molecule has 8 heteroatoms. The van der Waals surface area contributed by atoms with E-state index in [0.29, 0.717) is 30.6 Å². The second-order valence-electron chi connectivity index (χ2n) is 7.05. The maximum absolute atomic E-state index is 12.5. The fourth-order valence-corrected chi connectivity index (χ4v) is 3.39. The van der Waals surface area contributed by atoms with Crippen LogP contribution < -0.4 is 11.5 Å². The van der Waals surface area contributed by atoms with Crippen LogP contribution in [0.5, 0.6) is 0 Å². The molecule has 0 aliphatic rings. The Kier molecular flexibility index (Phi) is 6.15. The van der Waals surface area contributed by atoms with Crippen molar-refractivity contribution < 1.29 is 9.53 Å². The van der Waals surface area contributed by atoms with E-state index < -0.39 is 6.04 Å². The number of nitrogens with zero attached hydrogens (tertiary/aromatic N) is 2. The standard InChI is InChI=1S/C22H26N6O2/c1-3-30-22(29)13(2)28-18-12-16(21(25)26)9-10-17(18)27-19(28)11-6-14-4-7-15(8-5-14)20(23)24/h4-5,7-10,12-13H,3,6,11H2,1-2H3,(H3,23,24)(H3,25,26). The van der Waals surface area contributed by atoms with Gasteiger partial charge in [-0.25, -0.2) is 9.78 Å². The predicted octanol–water partition coefficient (Wildman–Crippen LogP) is 2.51. The molecule has 0 aliphatic carbocycles. The van der Waals surface area contributed by atoms with Gasteiger partial charge in [0.2, 0.25) is 0 Å². The molecule has 156 valence electrons. The van der Waals surface area contributed by atoms with Gasteiger partial charge in [-0.2, -0.15) is 0 Å². The quantitative estimate of drug-likeness (QED) is 0.258. The summed E-state index contributed by atoms with van der Waals surface area (Å²) in [5.41, 5.74) is 15.0. The second kappa shape index (κ2) is 8.77. The molecule has 0 radical (unpaired) electrons. The van der Waals surface area contributed by atoms with Crippen LogP contribution in [0.2, 0.25) is 0 Å². The van der Waals surface area contributed by atoms with Crippen molar-refractivity contribution in [3.63, 3.8) is 0 Å². The van der Waals surface area contributed by atoms with E-state index >= 15 is 0 Å². The highest BCUT2D eigenvalue weighted by molar-refractivity contribution is 5.98. The van der Waals surface area contributed by atoms with Gasteiger partial charge in [-0.15, -0.1) is 0 Å². The number of aryl methyl sites for hydroxylation is 2.